The molecule has 0 aromatic rings. The first-order chi connectivity index (χ1) is 32.5. The van der Waals surface area contributed by atoms with E-state index in [1.165, 1.54) is 109 Å². The summed E-state index contributed by atoms with van der Waals surface area (Å²) < 4.78 is 5.91. The third-order valence-corrected chi connectivity index (χ3v) is 12.2. The van der Waals surface area contributed by atoms with Crippen LogP contribution in [0.15, 0.2) is 85.1 Å². The number of hydrogen-bond acceptors (Lipinski definition) is 5. The molecule has 3 N–H and O–H groups in total. The van der Waals surface area contributed by atoms with Gasteiger partial charge >= 0.3 is 5.97 Å². The molecular formula is C60H105NO5. The number of aliphatic hydroxyl groups is 2. The number of amides is 1. The van der Waals surface area contributed by atoms with Crippen molar-refractivity contribution in [2.24, 2.45) is 0 Å². The highest BCUT2D eigenvalue weighted by Gasteiger charge is 2.24. The lowest BCUT2D eigenvalue weighted by molar-refractivity contribution is -0.151. The van der Waals surface area contributed by atoms with Crippen LogP contribution in [0, 0.1) is 0 Å². The van der Waals surface area contributed by atoms with Crippen molar-refractivity contribution in [1.82, 2.24) is 5.32 Å². The molecule has 0 aliphatic rings. The van der Waals surface area contributed by atoms with Gasteiger partial charge in [-0.1, -0.05) is 228 Å². The molecule has 0 fully saturated rings. The van der Waals surface area contributed by atoms with Crippen LogP contribution in [0.1, 0.15) is 258 Å². The normalized spacial score (nSPS) is 13.8. The molecule has 0 saturated heterocycles. The Hall–Kier alpha value is -2.96. The lowest BCUT2D eigenvalue weighted by atomic mass is 10.0. The molecule has 0 aliphatic heterocycles. The van der Waals surface area contributed by atoms with Gasteiger partial charge in [0.2, 0.25) is 5.91 Å². The van der Waals surface area contributed by atoms with Crippen LogP contribution in [-0.2, 0) is 14.3 Å². The topological polar surface area (TPSA) is 95.9 Å². The minimum Gasteiger partial charge on any atom is -0.462 e. The van der Waals surface area contributed by atoms with Gasteiger partial charge in [-0.25, -0.2) is 0 Å². The lowest BCUT2D eigenvalue weighted by Gasteiger charge is -2.24. The molecule has 0 aliphatic carbocycles. The highest BCUT2D eigenvalue weighted by molar-refractivity contribution is 5.77. The summed E-state index contributed by atoms with van der Waals surface area (Å²) in [4.78, 5) is 26.2. The molecule has 66 heavy (non-hydrogen) atoms. The summed E-state index contributed by atoms with van der Waals surface area (Å²) >= 11 is 0. The van der Waals surface area contributed by atoms with Crippen molar-refractivity contribution >= 4 is 11.9 Å². The summed E-state index contributed by atoms with van der Waals surface area (Å²) in [6.45, 7) is 6.33. The van der Waals surface area contributed by atoms with Crippen LogP contribution in [-0.4, -0.2) is 46.9 Å². The Labute approximate surface area is 408 Å². The van der Waals surface area contributed by atoms with Crippen molar-refractivity contribution in [3.05, 3.63) is 85.1 Å². The number of ether oxygens (including phenoxy) is 1. The number of unbranched alkanes of at least 4 members (excludes halogenated alkanes) is 23. The van der Waals surface area contributed by atoms with E-state index in [4.69, 9.17) is 4.74 Å². The van der Waals surface area contributed by atoms with Crippen LogP contribution in [0.3, 0.4) is 0 Å². The van der Waals surface area contributed by atoms with Gasteiger partial charge in [0, 0.05) is 6.42 Å². The van der Waals surface area contributed by atoms with Crippen LogP contribution in [0.5, 0.6) is 0 Å². The molecule has 0 rings (SSSR count). The first-order valence-electron chi connectivity index (χ1n) is 27.8. The number of hydrogen-bond donors (Lipinski definition) is 3. The number of carbonyl (C=O) groups excluding carboxylic acids is 2. The Morgan fingerprint density at radius 2 is 0.818 bits per heavy atom. The number of esters is 1. The third kappa shape index (κ3) is 47.5. The standard InChI is InChI=1S/C60H105NO5/c1-4-7-10-13-16-19-22-25-27-29-30-31-33-35-38-41-44-47-50-53-60(65)66-56(51-48-45-42-39-36-24-21-18-15-12-9-6-3)54-59(64)61-57(55-62)58(63)52-49-46-43-40-37-34-32-28-26-23-20-17-14-11-8-5-2/h9,12,16,18-19,21,25,27,30-31,35-36,38-39,56-58,62-63H,4-8,10-11,13-15,17,20,22-24,26,28-29,32-34,37,40-55H2,1-3H3,(H,61,64)/b12-9+,19-16-,21-18+,27-25-,31-30-,38-35-,39-36+. The summed E-state index contributed by atoms with van der Waals surface area (Å²) in [5, 5.41) is 23.8. The van der Waals surface area contributed by atoms with Crippen LogP contribution in [0.2, 0.25) is 0 Å². The van der Waals surface area contributed by atoms with E-state index in [1.54, 1.807) is 0 Å². The lowest BCUT2D eigenvalue weighted by Crippen LogP contribution is -2.46. The molecule has 0 bridgehead atoms. The van der Waals surface area contributed by atoms with E-state index in [-0.39, 0.29) is 24.9 Å². The van der Waals surface area contributed by atoms with Crippen molar-refractivity contribution in [3.63, 3.8) is 0 Å². The second kappa shape index (κ2) is 53.0. The van der Waals surface area contributed by atoms with E-state index in [1.807, 2.05) is 0 Å². The van der Waals surface area contributed by atoms with Crippen molar-refractivity contribution < 1.29 is 24.5 Å². The van der Waals surface area contributed by atoms with E-state index in [0.29, 0.717) is 19.3 Å². The van der Waals surface area contributed by atoms with Gasteiger partial charge in [0.1, 0.15) is 6.10 Å². The number of carbonyl (C=O) groups is 2. The number of rotatable bonds is 49. The van der Waals surface area contributed by atoms with E-state index >= 15 is 0 Å². The third-order valence-electron chi connectivity index (χ3n) is 12.2. The number of aliphatic hydroxyl groups excluding tert-OH is 2. The van der Waals surface area contributed by atoms with Crippen molar-refractivity contribution in [2.45, 2.75) is 277 Å². The van der Waals surface area contributed by atoms with Gasteiger partial charge in [0.05, 0.1) is 25.2 Å². The molecule has 0 heterocycles. The van der Waals surface area contributed by atoms with Gasteiger partial charge in [-0.15, -0.1) is 0 Å². The van der Waals surface area contributed by atoms with Crippen LogP contribution >= 0.6 is 0 Å². The van der Waals surface area contributed by atoms with Crippen LogP contribution in [0.4, 0.5) is 0 Å². The fourth-order valence-electron chi connectivity index (χ4n) is 8.02. The van der Waals surface area contributed by atoms with Crippen molar-refractivity contribution in [1.29, 1.82) is 0 Å². The highest BCUT2D eigenvalue weighted by Crippen LogP contribution is 2.17. The van der Waals surface area contributed by atoms with Gasteiger partial charge in [0.15, 0.2) is 0 Å². The molecule has 380 valence electrons. The molecule has 0 radical (unpaired) electrons. The Balaban J connectivity index is 4.61. The van der Waals surface area contributed by atoms with E-state index in [2.05, 4.69) is 111 Å². The Bertz CT molecular complexity index is 1260. The largest absolute Gasteiger partial charge is 0.462 e. The second-order valence-electron chi connectivity index (χ2n) is 18.6. The first kappa shape index (κ1) is 63.0. The fourth-order valence-corrected chi connectivity index (χ4v) is 8.02. The SMILES string of the molecule is CC/C=C/C/C=C/C/C=C/CCCCC(CC(=O)NC(CO)C(O)CCCCCCCCCCCCCCCCCC)OC(=O)CCCCC/C=C\C/C=C\C/C=C\C/C=C\CCCCC. The van der Waals surface area contributed by atoms with E-state index in [0.717, 1.165) is 103 Å². The predicted molar refractivity (Wildman–Crippen MR) is 287 cm³/mol. The average molecular weight is 921 g/mol. The minimum absolute atomic E-state index is 0.0349. The fraction of sp³-hybridized carbons (Fsp3) is 0.733. The zero-order chi connectivity index (χ0) is 48.1. The Kier molecular flexibility index (Phi) is 50.6. The Morgan fingerprint density at radius 3 is 1.27 bits per heavy atom. The Morgan fingerprint density at radius 1 is 0.455 bits per heavy atom. The highest BCUT2D eigenvalue weighted by atomic mass is 16.5. The zero-order valence-corrected chi connectivity index (χ0v) is 43.3. The molecular weight excluding hydrogens is 815 g/mol. The van der Waals surface area contributed by atoms with E-state index < -0.39 is 18.2 Å². The first-order valence-corrected chi connectivity index (χ1v) is 27.8. The summed E-state index contributed by atoms with van der Waals surface area (Å²) in [5.74, 6) is -0.550. The maximum absolute atomic E-state index is 13.2. The van der Waals surface area contributed by atoms with E-state index in [9.17, 15) is 19.8 Å². The molecule has 3 atom stereocenters. The van der Waals surface area contributed by atoms with Gasteiger partial charge in [0.25, 0.3) is 0 Å². The molecule has 0 aromatic carbocycles. The molecule has 0 aromatic heterocycles. The van der Waals surface area contributed by atoms with Gasteiger partial charge < -0.3 is 20.3 Å². The molecule has 3 unspecified atom stereocenters. The average Bonchev–Trinajstić information content (AvgIpc) is 3.31. The van der Waals surface area contributed by atoms with Crippen LogP contribution in [0.25, 0.3) is 0 Å². The quantitative estimate of drug-likeness (QED) is 0.0321. The monoisotopic (exact) mass is 920 g/mol. The van der Waals surface area contributed by atoms with Gasteiger partial charge in [-0.2, -0.15) is 0 Å². The summed E-state index contributed by atoms with van der Waals surface area (Å²) in [6.07, 6.45) is 69.3. The summed E-state index contributed by atoms with van der Waals surface area (Å²) in [6, 6.07) is -0.725. The van der Waals surface area contributed by atoms with Crippen molar-refractivity contribution in [2.75, 3.05) is 6.61 Å². The molecule has 6 heteroatoms. The minimum atomic E-state index is -0.808. The smallest absolute Gasteiger partial charge is 0.306 e. The summed E-state index contributed by atoms with van der Waals surface area (Å²) in [5.41, 5.74) is 0. The number of nitrogens with one attached hydrogen (secondary N) is 1. The molecule has 0 saturated carbocycles. The van der Waals surface area contributed by atoms with Crippen molar-refractivity contribution in [3.8, 4) is 0 Å². The molecule has 6 nitrogen and oxygen atoms in total. The zero-order valence-electron chi connectivity index (χ0n) is 43.3. The maximum atomic E-state index is 13.2. The molecule has 1 amide bonds. The van der Waals surface area contributed by atoms with Crippen LogP contribution < -0.4 is 5.32 Å². The maximum Gasteiger partial charge on any atom is 0.306 e. The van der Waals surface area contributed by atoms with Gasteiger partial charge in [-0.05, 0) is 103 Å². The molecule has 0 spiro atoms. The second-order valence-corrected chi connectivity index (χ2v) is 18.6. The van der Waals surface area contributed by atoms with Gasteiger partial charge in [-0.3, -0.25) is 9.59 Å². The number of allylic oxidation sites excluding steroid dienone is 14. The summed E-state index contributed by atoms with van der Waals surface area (Å²) in [7, 11) is 0. The predicted octanol–water partition coefficient (Wildman–Crippen LogP) is 17.1.